The van der Waals surface area contributed by atoms with Gasteiger partial charge in [-0.3, -0.25) is 0 Å². The van der Waals surface area contributed by atoms with Gasteiger partial charge in [-0.15, -0.1) is 0 Å². The van der Waals surface area contributed by atoms with Crippen molar-refractivity contribution in [3.05, 3.63) is 78.2 Å². The number of nitrogens with zero attached hydrogens (tertiary/aromatic N) is 3. The lowest BCUT2D eigenvalue weighted by Gasteiger charge is -2.22. The fraction of sp³-hybridized carbons (Fsp3) is 0.536. The Morgan fingerprint density at radius 2 is 1.82 bits per heavy atom. The van der Waals surface area contributed by atoms with Crippen molar-refractivity contribution < 1.29 is 0 Å². The first-order valence-electron chi connectivity index (χ1n) is 13.1. The van der Waals surface area contributed by atoms with Crippen LogP contribution in [-0.4, -0.2) is 51.0 Å². The Balaban J connectivity index is 1.47. The highest BCUT2D eigenvalue weighted by atomic mass is 15.1. The van der Waals surface area contributed by atoms with Gasteiger partial charge in [-0.05, 0) is 70.1 Å². The van der Waals surface area contributed by atoms with Crippen LogP contribution in [0.4, 0.5) is 0 Å². The number of aromatic nitrogens is 4. The molecule has 0 saturated carbocycles. The molecule has 0 spiro atoms. The molecular formula is C28H43N6. The predicted octanol–water partition coefficient (Wildman–Crippen LogP) is 5.65. The van der Waals surface area contributed by atoms with Crippen LogP contribution >= 0.6 is 0 Å². The van der Waals surface area contributed by atoms with Crippen molar-refractivity contribution in [1.82, 2.24) is 30.2 Å². The van der Waals surface area contributed by atoms with Gasteiger partial charge in [0.15, 0.2) is 0 Å². The van der Waals surface area contributed by atoms with Crippen LogP contribution in [0.3, 0.4) is 0 Å². The molecule has 6 nitrogen and oxygen atoms in total. The summed E-state index contributed by atoms with van der Waals surface area (Å²) >= 11 is 0. The van der Waals surface area contributed by atoms with Crippen LogP contribution in [0.2, 0.25) is 0 Å². The fourth-order valence-corrected chi connectivity index (χ4v) is 4.46. The zero-order chi connectivity index (χ0) is 24.0. The van der Waals surface area contributed by atoms with E-state index in [-0.39, 0.29) is 6.04 Å². The molecule has 1 aromatic carbocycles. The maximum absolute atomic E-state index is 4.78. The highest BCUT2D eigenvalue weighted by molar-refractivity contribution is 5.23. The van der Waals surface area contributed by atoms with E-state index < -0.39 is 0 Å². The van der Waals surface area contributed by atoms with E-state index in [4.69, 9.17) is 4.98 Å². The molecule has 0 bridgehead atoms. The monoisotopic (exact) mass is 463 g/mol. The number of aromatic amines is 2. The number of H-pyrrole nitrogens is 2. The smallest absolute Gasteiger partial charge is 0.123 e. The van der Waals surface area contributed by atoms with Gasteiger partial charge in [-0.25, -0.2) is 9.97 Å². The largest absolute Gasteiger partial charge is 0.348 e. The zero-order valence-electron chi connectivity index (χ0n) is 21.3. The average molecular weight is 464 g/mol. The fourth-order valence-electron chi connectivity index (χ4n) is 4.46. The minimum absolute atomic E-state index is 0.154. The normalized spacial score (nSPS) is 13.4. The second-order valence-corrected chi connectivity index (χ2v) is 9.21. The summed E-state index contributed by atoms with van der Waals surface area (Å²) in [6, 6.07) is 11.0. The molecule has 0 aliphatic rings. The summed E-state index contributed by atoms with van der Waals surface area (Å²) in [5, 5.41) is 3.71. The molecule has 0 aliphatic heterocycles. The van der Waals surface area contributed by atoms with E-state index in [2.05, 4.69) is 82.7 Å². The lowest BCUT2D eigenvalue weighted by Crippen LogP contribution is -2.27. The van der Waals surface area contributed by atoms with Gasteiger partial charge in [0.25, 0.3) is 0 Å². The first-order chi connectivity index (χ1) is 16.7. The summed E-state index contributed by atoms with van der Waals surface area (Å²) in [5.41, 5.74) is 2.38. The first kappa shape index (κ1) is 26.2. The summed E-state index contributed by atoms with van der Waals surface area (Å²) in [6.45, 7) is 11.3. The van der Waals surface area contributed by atoms with E-state index in [1.165, 1.54) is 50.9 Å². The molecule has 3 aromatic rings. The molecule has 6 heteroatoms. The van der Waals surface area contributed by atoms with Crippen molar-refractivity contribution in [3.63, 3.8) is 0 Å². The van der Waals surface area contributed by atoms with Crippen molar-refractivity contribution in [3.8, 4) is 0 Å². The Hall–Kier alpha value is -2.44. The van der Waals surface area contributed by atoms with Crippen molar-refractivity contribution in [1.29, 1.82) is 0 Å². The van der Waals surface area contributed by atoms with Crippen LogP contribution in [-0.2, 0) is 6.42 Å². The topological polar surface area (TPSA) is 72.6 Å². The van der Waals surface area contributed by atoms with E-state index in [9.17, 15) is 0 Å². The summed E-state index contributed by atoms with van der Waals surface area (Å²) in [7, 11) is 0. The number of rotatable bonds is 17. The number of imidazole rings is 2. The summed E-state index contributed by atoms with van der Waals surface area (Å²) in [6.07, 6.45) is 15.0. The molecule has 34 heavy (non-hydrogen) atoms. The molecule has 0 saturated heterocycles. The van der Waals surface area contributed by atoms with Crippen LogP contribution < -0.4 is 5.32 Å². The standard InChI is InChI=1S/C28H43N6/c1-4-17-34(18-5-2)19-11-7-10-14-25(24-12-8-6-9-13-24)21-31-23(3)28-32-22-26(33-28)20-27-29-15-16-30-27/h6,8-9,12-16,22-23,25,31H,4-5,7,10-11,17-21H2,1-3H3,(H,29,30)(H,32,33). The molecule has 0 fully saturated rings. The maximum atomic E-state index is 4.78. The molecule has 0 aliphatic carbocycles. The van der Waals surface area contributed by atoms with Crippen LogP contribution in [0.15, 0.2) is 48.9 Å². The average Bonchev–Trinajstić information content (AvgIpc) is 3.54. The van der Waals surface area contributed by atoms with Gasteiger partial charge in [0.1, 0.15) is 11.6 Å². The first-order valence-corrected chi connectivity index (χ1v) is 13.1. The highest BCUT2D eigenvalue weighted by Crippen LogP contribution is 2.22. The van der Waals surface area contributed by atoms with Gasteiger partial charge in [-0.1, -0.05) is 50.6 Å². The molecule has 2 heterocycles. The Labute approximate surface area is 206 Å². The van der Waals surface area contributed by atoms with Gasteiger partial charge in [-0.2, -0.15) is 0 Å². The third kappa shape index (κ3) is 8.73. The van der Waals surface area contributed by atoms with E-state index in [0.717, 1.165) is 30.3 Å². The summed E-state index contributed by atoms with van der Waals surface area (Å²) < 4.78 is 0. The quantitative estimate of drug-likeness (QED) is 0.226. The molecule has 3 rings (SSSR count). The molecule has 2 atom stereocenters. The molecular weight excluding hydrogens is 420 g/mol. The summed E-state index contributed by atoms with van der Waals surface area (Å²) in [5.74, 6) is 2.30. The molecule has 185 valence electrons. The second-order valence-electron chi connectivity index (χ2n) is 9.21. The van der Waals surface area contributed by atoms with Crippen molar-refractivity contribution in [2.75, 3.05) is 26.2 Å². The third-order valence-corrected chi connectivity index (χ3v) is 6.30. The zero-order valence-corrected chi connectivity index (χ0v) is 21.3. The Kier molecular flexibility index (Phi) is 11.3. The Morgan fingerprint density at radius 3 is 2.53 bits per heavy atom. The van der Waals surface area contributed by atoms with Crippen molar-refractivity contribution in [2.45, 2.75) is 71.3 Å². The molecule has 2 aromatic heterocycles. The Morgan fingerprint density at radius 1 is 1.03 bits per heavy atom. The number of unbranched alkanes of at least 4 members (excludes halogenated alkanes) is 2. The molecule has 2 unspecified atom stereocenters. The highest BCUT2D eigenvalue weighted by Gasteiger charge is 2.16. The number of nitrogens with one attached hydrogen (secondary N) is 3. The number of hydrogen-bond donors (Lipinski definition) is 3. The van der Waals surface area contributed by atoms with Gasteiger partial charge < -0.3 is 20.2 Å². The lowest BCUT2D eigenvalue weighted by atomic mass is 9.92. The van der Waals surface area contributed by atoms with Gasteiger partial charge in [0.2, 0.25) is 0 Å². The van der Waals surface area contributed by atoms with Crippen LogP contribution in [0.25, 0.3) is 0 Å². The predicted molar refractivity (Wildman–Crippen MR) is 141 cm³/mol. The van der Waals surface area contributed by atoms with E-state index >= 15 is 0 Å². The number of benzene rings is 1. The molecule has 1 radical (unpaired) electrons. The Bertz CT molecular complexity index is 883. The van der Waals surface area contributed by atoms with E-state index in [1.807, 2.05) is 12.4 Å². The van der Waals surface area contributed by atoms with Gasteiger partial charge >= 0.3 is 0 Å². The molecule has 0 amide bonds. The van der Waals surface area contributed by atoms with Gasteiger partial charge in [0.05, 0.1) is 11.7 Å². The minimum Gasteiger partial charge on any atom is -0.348 e. The third-order valence-electron chi connectivity index (χ3n) is 6.30. The minimum atomic E-state index is 0.154. The van der Waals surface area contributed by atoms with Gasteiger partial charge in [0, 0.05) is 31.6 Å². The summed E-state index contributed by atoms with van der Waals surface area (Å²) in [4.78, 5) is 18.2. The van der Waals surface area contributed by atoms with Crippen molar-refractivity contribution >= 4 is 0 Å². The second kappa shape index (κ2) is 14.7. The maximum Gasteiger partial charge on any atom is 0.123 e. The number of hydrogen-bond acceptors (Lipinski definition) is 4. The SMILES string of the molecule is CCCN(CCC)CCCC[CH]C(CNC(C)c1nc(Cc2ncc[nH]2)c[nH]1)c1ccccc1. The van der Waals surface area contributed by atoms with E-state index in [1.54, 1.807) is 6.20 Å². The van der Waals surface area contributed by atoms with Crippen molar-refractivity contribution in [2.24, 2.45) is 0 Å². The molecule has 3 N–H and O–H groups in total. The van der Waals surface area contributed by atoms with E-state index in [0.29, 0.717) is 12.3 Å². The van der Waals surface area contributed by atoms with Crippen LogP contribution in [0.5, 0.6) is 0 Å². The lowest BCUT2D eigenvalue weighted by molar-refractivity contribution is 0.269. The van der Waals surface area contributed by atoms with Crippen LogP contribution in [0.1, 0.15) is 87.7 Å². The van der Waals surface area contributed by atoms with Crippen LogP contribution in [0, 0.1) is 6.42 Å².